The zero-order valence-corrected chi connectivity index (χ0v) is 7.60. The molecule has 2 N–H and O–H groups in total. The molecule has 0 unspecified atom stereocenters. The summed E-state index contributed by atoms with van der Waals surface area (Å²) in [5.41, 5.74) is -1.09. The third-order valence-electron chi connectivity index (χ3n) is 1.35. The lowest BCUT2D eigenvalue weighted by Gasteiger charge is -2.03. The molecule has 6 heteroatoms. The number of hydrogen-bond donors (Lipinski definition) is 2. The number of phenols is 1. The van der Waals surface area contributed by atoms with Crippen LogP contribution in [0.25, 0.3) is 0 Å². The average Bonchev–Trinajstić information content (AvgIpc) is 1.99. The van der Waals surface area contributed by atoms with Crippen molar-refractivity contribution in [1.29, 1.82) is 0 Å². The minimum atomic E-state index is -1.73. The standard InChI is InChI=1S/C7H3BrF2O3/c8-5-3(11)1-2(9)4(6(5)10)7(12)13/h1,11H,(H,12,13). The summed E-state index contributed by atoms with van der Waals surface area (Å²) in [6.45, 7) is 0. The van der Waals surface area contributed by atoms with Crippen LogP contribution >= 0.6 is 15.9 Å². The SMILES string of the molecule is O=C(O)c1c(F)cc(O)c(Br)c1F. The van der Waals surface area contributed by atoms with Gasteiger partial charge in [0.25, 0.3) is 0 Å². The first-order chi connectivity index (χ1) is 5.95. The van der Waals surface area contributed by atoms with Gasteiger partial charge < -0.3 is 10.2 Å². The maximum absolute atomic E-state index is 12.9. The Morgan fingerprint density at radius 1 is 1.46 bits per heavy atom. The molecule has 3 nitrogen and oxygen atoms in total. The maximum atomic E-state index is 12.9. The van der Waals surface area contributed by atoms with Crippen molar-refractivity contribution in [1.82, 2.24) is 0 Å². The van der Waals surface area contributed by atoms with E-state index in [9.17, 15) is 13.6 Å². The number of carboxylic acids is 1. The fourth-order valence-corrected chi connectivity index (χ4v) is 1.09. The van der Waals surface area contributed by atoms with E-state index >= 15 is 0 Å². The molecular formula is C7H3BrF2O3. The largest absolute Gasteiger partial charge is 0.507 e. The molecule has 0 aliphatic carbocycles. The average molecular weight is 253 g/mol. The monoisotopic (exact) mass is 252 g/mol. The molecule has 0 aliphatic heterocycles. The van der Waals surface area contributed by atoms with Crippen LogP contribution in [0.15, 0.2) is 10.5 Å². The van der Waals surface area contributed by atoms with E-state index < -0.39 is 33.4 Å². The Morgan fingerprint density at radius 3 is 2.46 bits per heavy atom. The fourth-order valence-electron chi connectivity index (χ4n) is 0.779. The Kier molecular flexibility index (Phi) is 2.51. The third-order valence-corrected chi connectivity index (χ3v) is 2.11. The highest BCUT2D eigenvalue weighted by Crippen LogP contribution is 2.30. The van der Waals surface area contributed by atoms with E-state index in [0.717, 1.165) is 0 Å². The number of rotatable bonds is 1. The van der Waals surface area contributed by atoms with E-state index in [4.69, 9.17) is 10.2 Å². The first-order valence-electron chi connectivity index (χ1n) is 3.05. The summed E-state index contributed by atoms with van der Waals surface area (Å²) >= 11 is 2.58. The van der Waals surface area contributed by atoms with Crippen LogP contribution in [-0.4, -0.2) is 16.2 Å². The lowest BCUT2D eigenvalue weighted by atomic mass is 10.2. The third kappa shape index (κ3) is 1.62. The van der Waals surface area contributed by atoms with Crippen molar-refractivity contribution in [2.24, 2.45) is 0 Å². The van der Waals surface area contributed by atoms with Crippen molar-refractivity contribution in [2.45, 2.75) is 0 Å². The zero-order chi connectivity index (χ0) is 10.2. The second-order valence-corrected chi connectivity index (χ2v) is 2.98. The van der Waals surface area contributed by atoms with E-state index in [0.29, 0.717) is 6.07 Å². The van der Waals surface area contributed by atoms with Gasteiger partial charge in [0.15, 0.2) is 5.82 Å². The number of benzene rings is 1. The van der Waals surface area contributed by atoms with Gasteiger partial charge in [-0.05, 0) is 15.9 Å². The fraction of sp³-hybridized carbons (Fsp3) is 0. The minimum absolute atomic E-state index is 0.466. The number of aromatic carboxylic acids is 1. The molecule has 1 rings (SSSR count). The van der Waals surface area contributed by atoms with Gasteiger partial charge in [-0.1, -0.05) is 0 Å². The molecule has 0 fully saturated rings. The number of aromatic hydroxyl groups is 1. The highest BCUT2D eigenvalue weighted by molar-refractivity contribution is 9.10. The molecule has 0 amide bonds. The predicted molar refractivity (Wildman–Crippen MR) is 42.7 cm³/mol. The molecule has 0 radical (unpaired) electrons. The Hall–Kier alpha value is -1.17. The summed E-state index contributed by atoms with van der Waals surface area (Å²) in [6, 6.07) is 0.524. The Bertz CT molecular complexity index is 378. The summed E-state index contributed by atoms with van der Waals surface area (Å²) in [7, 11) is 0. The van der Waals surface area contributed by atoms with Crippen LogP contribution in [0.4, 0.5) is 8.78 Å². The van der Waals surface area contributed by atoms with Gasteiger partial charge in [-0.2, -0.15) is 0 Å². The summed E-state index contributed by atoms with van der Waals surface area (Å²) in [5.74, 6) is -5.05. The van der Waals surface area contributed by atoms with Crippen molar-refractivity contribution in [3.8, 4) is 5.75 Å². The molecule has 1 aromatic carbocycles. The summed E-state index contributed by atoms with van der Waals surface area (Å²) in [6.07, 6.45) is 0. The van der Waals surface area contributed by atoms with Crippen LogP contribution < -0.4 is 0 Å². The molecule has 0 saturated heterocycles. The quantitative estimate of drug-likeness (QED) is 0.753. The van der Waals surface area contributed by atoms with Crippen molar-refractivity contribution in [2.75, 3.05) is 0 Å². The molecule has 0 bridgehead atoms. The first kappa shape index (κ1) is 9.91. The summed E-state index contributed by atoms with van der Waals surface area (Å²) in [4.78, 5) is 10.3. The molecule has 0 saturated carbocycles. The van der Waals surface area contributed by atoms with Gasteiger partial charge in [0.05, 0.1) is 4.47 Å². The Labute approximate surface area is 79.7 Å². The second kappa shape index (κ2) is 3.29. The van der Waals surface area contributed by atoms with Gasteiger partial charge in [-0.25, -0.2) is 13.6 Å². The van der Waals surface area contributed by atoms with E-state index in [1.807, 2.05) is 0 Å². The first-order valence-corrected chi connectivity index (χ1v) is 3.84. The van der Waals surface area contributed by atoms with E-state index in [1.54, 1.807) is 0 Å². The minimum Gasteiger partial charge on any atom is -0.507 e. The number of carbonyl (C=O) groups is 1. The summed E-state index contributed by atoms with van der Waals surface area (Å²) in [5, 5.41) is 17.2. The molecule has 1 aromatic rings. The predicted octanol–water partition coefficient (Wildman–Crippen LogP) is 2.13. The van der Waals surface area contributed by atoms with Gasteiger partial charge in [-0.15, -0.1) is 0 Å². The van der Waals surface area contributed by atoms with Crippen molar-refractivity contribution < 1.29 is 23.8 Å². The summed E-state index contributed by atoms with van der Waals surface area (Å²) < 4.78 is 25.2. The van der Waals surface area contributed by atoms with Gasteiger partial charge in [0.2, 0.25) is 0 Å². The van der Waals surface area contributed by atoms with Crippen LogP contribution in [0, 0.1) is 11.6 Å². The number of hydrogen-bond acceptors (Lipinski definition) is 2. The highest BCUT2D eigenvalue weighted by atomic mass is 79.9. The second-order valence-electron chi connectivity index (χ2n) is 2.19. The van der Waals surface area contributed by atoms with E-state index in [2.05, 4.69) is 15.9 Å². The van der Waals surface area contributed by atoms with Gasteiger partial charge in [0, 0.05) is 6.07 Å². The maximum Gasteiger partial charge on any atom is 0.341 e. The van der Waals surface area contributed by atoms with Crippen LogP contribution in [0.2, 0.25) is 0 Å². The number of halogens is 3. The highest BCUT2D eigenvalue weighted by Gasteiger charge is 2.21. The van der Waals surface area contributed by atoms with E-state index in [-0.39, 0.29) is 0 Å². The Balaban J connectivity index is 3.53. The topological polar surface area (TPSA) is 57.5 Å². The molecule has 0 atom stereocenters. The van der Waals surface area contributed by atoms with Crippen LogP contribution in [-0.2, 0) is 0 Å². The molecule has 0 aromatic heterocycles. The zero-order valence-electron chi connectivity index (χ0n) is 6.01. The van der Waals surface area contributed by atoms with Crippen molar-refractivity contribution in [3.63, 3.8) is 0 Å². The number of carboxylic acid groups (broad SMARTS) is 1. The van der Waals surface area contributed by atoms with Gasteiger partial charge in [0.1, 0.15) is 17.1 Å². The molecule has 0 spiro atoms. The van der Waals surface area contributed by atoms with Crippen molar-refractivity contribution in [3.05, 3.63) is 27.7 Å². The molecule has 0 aliphatic rings. The molecular weight excluding hydrogens is 250 g/mol. The number of phenolic OH excluding ortho intramolecular Hbond substituents is 1. The van der Waals surface area contributed by atoms with E-state index in [1.165, 1.54) is 0 Å². The van der Waals surface area contributed by atoms with Crippen LogP contribution in [0.5, 0.6) is 5.75 Å². The van der Waals surface area contributed by atoms with Gasteiger partial charge >= 0.3 is 5.97 Å². The molecule has 13 heavy (non-hydrogen) atoms. The van der Waals surface area contributed by atoms with Crippen molar-refractivity contribution >= 4 is 21.9 Å². The van der Waals surface area contributed by atoms with Crippen LogP contribution in [0.1, 0.15) is 10.4 Å². The Morgan fingerprint density at radius 2 is 2.00 bits per heavy atom. The lowest BCUT2D eigenvalue weighted by Crippen LogP contribution is -2.05. The normalized spacial score (nSPS) is 10.1. The van der Waals surface area contributed by atoms with Crippen LogP contribution in [0.3, 0.4) is 0 Å². The lowest BCUT2D eigenvalue weighted by molar-refractivity contribution is 0.0686. The molecule has 0 heterocycles. The smallest absolute Gasteiger partial charge is 0.341 e. The van der Waals surface area contributed by atoms with Gasteiger partial charge in [-0.3, -0.25) is 0 Å². The molecule has 70 valence electrons.